The Balaban J connectivity index is 2.48. The zero-order chi connectivity index (χ0) is 11.8. The molecule has 5 heteroatoms. The summed E-state index contributed by atoms with van der Waals surface area (Å²) in [6.07, 6.45) is 0. The first-order valence-corrected chi connectivity index (χ1v) is 4.89. The minimum atomic E-state index is -1.10. The smallest absolute Gasteiger partial charge is 0.256 e. The van der Waals surface area contributed by atoms with Gasteiger partial charge in [0.15, 0.2) is 5.96 Å². The Kier molecular flexibility index (Phi) is 2.38. The van der Waals surface area contributed by atoms with Crippen LogP contribution in [0.3, 0.4) is 0 Å². The normalized spacial score (nSPS) is 26.7. The van der Waals surface area contributed by atoms with Gasteiger partial charge in [-0.3, -0.25) is 15.1 Å². The van der Waals surface area contributed by atoms with Crippen LogP contribution >= 0.6 is 0 Å². The SMILES string of the molecule is CN=C1NC(=O)C(C)(c2ccccc2F)N1. The maximum absolute atomic E-state index is 13.6. The van der Waals surface area contributed by atoms with Crippen LogP contribution in [0.1, 0.15) is 12.5 Å². The third kappa shape index (κ3) is 1.44. The second-order valence-electron chi connectivity index (χ2n) is 3.76. The first-order valence-electron chi connectivity index (χ1n) is 4.89. The van der Waals surface area contributed by atoms with Crippen molar-refractivity contribution in [2.45, 2.75) is 12.5 Å². The van der Waals surface area contributed by atoms with Gasteiger partial charge in [-0.25, -0.2) is 4.39 Å². The Labute approximate surface area is 92.6 Å². The summed E-state index contributed by atoms with van der Waals surface area (Å²) in [7, 11) is 1.55. The fourth-order valence-corrected chi connectivity index (χ4v) is 1.73. The van der Waals surface area contributed by atoms with Gasteiger partial charge >= 0.3 is 0 Å². The van der Waals surface area contributed by atoms with Crippen LogP contribution in [0.2, 0.25) is 0 Å². The number of hydrogen-bond donors (Lipinski definition) is 2. The quantitative estimate of drug-likeness (QED) is 0.735. The van der Waals surface area contributed by atoms with Crippen molar-refractivity contribution >= 4 is 11.9 Å². The number of nitrogens with zero attached hydrogens (tertiary/aromatic N) is 1. The number of benzene rings is 1. The van der Waals surface area contributed by atoms with Gasteiger partial charge in [-0.1, -0.05) is 18.2 Å². The maximum atomic E-state index is 13.6. The summed E-state index contributed by atoms with van der Waals surface area (Å²) in [5, 5.41) is 5.43. The summed E-state index contributed by atoms with van der Waals surface area (Å²) in [5.74, 6) is -0.362. The molecule has 16 heavy (non-hydrogen) atoms. The van der Waals surface area contributed by atoms with Crippen molar-refractivity contribution in [3.63, 3.8) is 0 Å². The number of carbonyl (C=O) groups excluding carboxylic acids is 1. The summed E-state index contributed by atoms with van der Waals surface area (Å²) in [6.45, 7) is 1.62. The number of carbonyl (C=O) groups is 1. The monoisotopic (exact) mass is 221 g/mol. The van der Waals surface area contributed by atoms with Crippen molar-refractivity contribution in [2.75, 3.05) is 7.05 Å². The molecule has 1 heterocycles. The lowest BCUT2D eigenvalue weighted by Crippen LogP contribution is -2.41. The van der Waals surface area contributed by atoms with Crippen molar-refractivity contribution in [3.8, 4) is 0 Å². The van der Waals surface area contributed by atoms with E-state index in [-0.39, 0.29) is 5.91 Å². The minimum Gasteiger partial charge on any atom is -0.338 e. The van der Waals surface area contributed by atoms with Crippen LogP contribution in [0.25, 0.3) is 0 Å². The van der Waals surface area contributed by atoms with Crippen molar-refractivity contribution in [3.05, 3.63) is 35.6 Å². The maximum Gasteiger partial charge on any atom is 0.256 e. The molecule has 1 aliphatic heterocycles. The van der Waals surface area contributed by atoms with E-state index in [1.165, 1.54) is 6.07 Å². The Hall–Kier alpha value is -1.91. The van der Waals surface area contributed by atoms with Gasteiger partial charge in [-0.05, 0) is 13.0 Å². The summed E-state index contributed by atoms with van der Waals surface area (Å²) in [5.41, 5.74) is -0.786. The molecule has 0 aliphatic carbocycles. The van der Waals surface area contributed by atoms with E-state index in [2.05, 4.69) is 15.6 Å². The van der Waals surface area contributed by atoms with Crippen LogP contribution < -0.4 is 10.6 Å². The standard InChI is InChI=1S/C11H12FN3O/c1-11(7-5-3-4-6-8(7)12)9(16)14-10(13-2)15-11/h3-6H,1-2H3,(H2,13,14,15,16). The number of nitrogens with one attached hydrogen (secondary N) is 2. The molecule has 2 rings (SSSR count). The molecule has 1 saturated heterocycles. The van der Waals surface area contributed by atoms with Gasteiger partial charge in [0.2, 0.25) is 0 Å². The minimum absolute atomic E-state index is 0.307. The van der Waals surface area contributed by atoms with Gasteiger partial charge < -0.3 is 5.32 Å². The highest BCUT2D eigenvalue weighted by Crippen LogP contribution is 2.26. The second kappa shape index (κ2) is 3.59. The van der Waals surface area contributed by atoms with E-state index < -0.39 is 11.4 Å². The van der Waals surface area contributed by atoms with E-state index in [1.807, 2.05) is 0 Å². The highest BCUT2D eigenvalue weighted by Gasteiger charge is 2.43. The van der Waals surface area contributed by atoms with Crippen LogP contribution in [-0.2, 0) is 10.3 Å². The molecule has 0 saturated carbocycles. The third-order valence-electron chi connectivity index (χ3n) is 2.69. The topological polar surface area (TPSA) is 53.5 Å². The molecule has 4 nitrogen and oxygen atoms in total. The zero-order valence-corrected chi connectivity index (χ0v) is 9.04. The van der Waals surface area contributed by atoms with E-state index >= 15 is 0 Å². The Morgan fingerprint density at radius 3 is 2.62 bits per heavy atom. The highest BCUT2D eigenvalue weighted by molar-refractivity contribution is 6.09. The molecular formula is C11H12FN3O. The molecule has 1 amide bonds. The average molecular weight is 221 g/mol. The van der Waals surface area contributed by atoms with Crippen LogP contribution in [-0.4, -0.2) is 18.9 Å². The van der Waals surface area contributed by atoms with Crippen molar-refractivity contribution in [1.29, 1.82) is 0 Å². The molecule has 1 aliphatic rings. The molecule has 1 aromatic carbocycles. The summed E-state index contributed by atoms with van der Waals surface area (Å²) < 4.78 is 13.6. The van der Waals surface area contributed by atoms with Crippen molar-refractivity contribution in [1.82, 2.24) is 10.6 Å². The predicted octanol–water partition coefficient (Wildman–Crippen LogP) is 0.746. The number of aliphatic imine (C=N–C) groups is 1. The molecule has 2 N–H and O–H groups in total. The molecule has 1 atom stereocenters. The van der Waals surface area contributed by atoms with E-state index in [0.717, 1.165) is 0 Å². The molecule has 1 fully saturated rings. The van der Waals surface area contributed by atoms with E-state index in [0.29, 0.717) is 11.5 Å². The number of amides is 1. The van der Waals surface area contributed by atoms with Crippen LogP contribution in [0.4, 0.5) is 4.39 Å². The Morgan fingerprint density at radius 1 is 1.38 bits per heavy atom. The number of guanidine groups is 1. The van der Waals surface area contributed by atoms with Crippen LogP contribution in [0, 0.1) is 5.82 Å². The molecule has 1 aromatic rings. The van der Waals surface area contributed by atoms with Gasteiger partial charge in [0, 0.05) is 12.6 Å². The van der Waals surface area contributed by atoms with Crippen LogP contribution in [0.5, 0.6) is 0 Å². The summed E-state index contributed by atoms with van der Waals surface area (Å²) in [4.78, 5) is 15.6. The summed E-state index contributed by atoms with van der Waals surface area (Å²) >= 11 is 0. The van der Waals surface area contributed by atoms with E-state index in [1.54, 1.807) is 32.2 Å². The Bertz CT molecular complexity index is 472. The molecule has 1 unspecified atom stereocenters. The van der Waals surface area contributed by atoms with Gasteiger partial charge in [-0.15, -0.1) is 0 Å². The first-order chi connectivity index (χ1) is 7.58. The fraction of sp³-hybridized carbons (Fsp3) is 0.273. The van der Waals surface area contributed by atoms with Gasteiger partial charge in [-0.2, -0.15) is 0 Å². The lowest BCUT2D eigenvalue weighted by molar-refractivity contribution is -0.123. The van der Waals surface area contributed by atoms with Crippen molar-refractivity contribution < 1.29 is 9.18 Å². The molecule has 0 bridgehead atoms. The Morgan fingerprint density at radius 2 is 2.06 bits per heavy atom. The number of rotatable bonds is 1. The number of halogens is 1. The molecule has 0 spiro atoms. The largest absolute Gasteiger partial charge is 0.338 e. The second-order valence-corrected chi connectivity index (χ2v) is 3.76. The average Bonchev–Trinajstić information content (AvgIpc) is 2.56. The number of hydrogen-bond acceptors (Lipinski definition) is 2. The molecular weight excluding hydrogens is 209 g/mol. The fourth-order valence-electron chi connectivity index (χ4n) is 1.73. The van der Waals surface area contributed by atoms with Gasteiger partial charge in [0.25, 0.3) is 5.91 Å². The predicted molar refractivity (Wildman–Crippen MR) is 58.4 cm³/mol. The molecule has 0 radical (unpaired) electrons. The lowest BCUT2D eigenvalue weighted by atomic mass is 9.92. The molecule has 84 valence electrons. The lowest BCUT2D eigenvalue weighted by Gasteiger charge is -2.21. The third-order valence-corrected chi connectivity index (χ3v) is 2.69. The first kappa shape index (κ1) is 10.6. The van der Waals surface area contributed by atoms with E-state index in [4.69, 9.17) is 0 Å². The van der Waals surface area contributed by atoms with Crippen LogP contribution in [0.15, 0.2) is 29.3 Å². The zero-order valence-electron chi connectivity index (χ0n) is 9.04. The van der Waals surface area contributed by atoms with E-state index in [9.17, 15) is 9.18 Å². The highest BCUT2D eigenvalue weighted by atomic mass is 19.1. The van der Waals surface area contributed by atoms with Gasteiger partial charge in [0.1, 0.15) is 11.4 Å². The van der Waals surface area contributed by atoms with Gasteiger partial charge in [0.05, 0.1) is 0 Å². The summed E-state index contributed by atoms with van der Waals surface area (Å²) in [6, 6.07) is 6.20. The molecule has 0 aromatic heterocycles. The van der Waals surface area contributed by atoms with Crippen molar-refractivity contribution in [2.24, 2.45) is 4.99 Å².